The number of halogens is 2. The monoisotopic (exact) mass is 968 g/mol. The number of aromatic hydroxyl groups is 1. The Hall–Kier alpha value is -3.45. The molecule has 4 aromatic heterocycles. The van der Waals surface area contributed by atoms with E-state index < -0.39 is 16.6 Å². The second kappa shape index (κ2) is 19.5. The number of fused-ring (bicyclic) bond motifs is 2. The van der Waals surface area contributed by atoms with Gasteiger partial charge in [0.2, 0.25) is 0 Å². The Kier molecular flexibility index (Phi) is 15.9. The second-order valence-corrected chi connectivity index (χ2v) is 29.6. The normalized spacial score (nSPS) is 12.5. The van der Waals surface area contributed by atoms with Gasteiger partial charge in [0, 0.05) is 15.0 Å². The van der Waals surface area contributed by atoms with E-state index in [1.54, 1.807) is 30.8 Å². The summed E-state index contributed by atoms with van der Waals surface area (Å²) in [5, 5.41) is 29.1. The van der Waals surface area contributed by atoms with Gasteiger partial charge in [-0.25, -0.2) is 19.3 Å². The summed E-state index contributed by atoms with van der Waals surface area (Å²) in [7, 11) is -3.66. The fourth-order valence-corrected chi connectivity index (χ4v) is 7.87. The van der Waals surface area contributed by atoms with E-state index >= 15 is 0 Å². The van der Waals surface area contributed by atoms with Gasteiger partial charge in [-0.1, -0.05) is 85.5 Å². The Morgan fingerprint density at radius 2 is 1.07 bits per heavy atom. The molecule has 4 heterocycles. The van der Waals surface area contributed by atoms with Gasteiger partial charge in [-0.15, -0.1) is 0 Å². The molecule has 0 saturated carbocycles. The summed E-state index contributed by atoms with van der Waals surface area (Å²) in [5.41, 5.74) is 3.52. The summed E-state index contributed by atoms with van der Waals surface area (Å²) < 4.78 is 23.9. The topological polar surface area (TPSA) is 130 Å². The molecule has 6 rings (SSSR count). The first-order valence-corrected chi connectivity index (χ1v) is 27.3. The minimum atomic E-state index is -1.83. The van der Waals surface area contributed by atoms with Crippen LogP contribution in [0.4, 0.5) is 0 Å². The van der Waals surface area contributed by atoms with Gasteiger partial charge in [0.15, 0.2) is 28.3 Å². The molecule has 15 heteroatoms. The van der Waals surface area contributed by atoms with E-state index in [1.165, 1.54) is 0 Å². The molecule has 0 unspecified atom stereocenters. The molecule has 0 fully saturated rings. The predicted octanol–water partition coefficient (Wildman–Crippen LogP) is 12.3. The second-order valence-electron chi connectivity index (χ2n) is 18.1. The Labute approximate surface area is 369 Å². The first-order chi connectivity index (χ1) is 27.3. The van der Waals surface area contributed by atoms with Gasteiger partial charge >= 0.3 is 0 Å². The molecule has 320 valence electrons. The van der Waals surface area contributed by atoms with Crippen molar-refractivity contribution in [2.24, 2.45) is 0 Å². The van der Waals surface area contributed by atoms with Crippen LogP contribution >= 0.6 is 31.9 Å². The lowest BCUT2D eigenvalue weighted by atomic mass is 10.2. The molecular formula is C44H62Br2N6O5Si2. The molecule has 59 heavy (non-hydrogen) atoms. The maximum absolute atomic E-state index is 10.1. The number of hydrogen-bond acceptors (Lipinski definition) is 9. The highest BCUT2D eigenvalue weighted by atomic mass is 79.9. The van der Waals surface area contributed by atoms with Crippen molar-refractivity contribution >= 4 is 70.3 Å². The Bertz CT molecular complexity index is 2330. The molecule has 0 aliphatic carbocycles. The molecule has 11 nitrogen and oxygen atoms in total. The van der Waals surface area contributed by atoms with Crippen LogP contribution in [0.2, 0.25) is 36.3 Å². The number of aliphatic hydroxyl groups excluding tert-OH is 1. The predicted molar refractivity (Wildman–Crippen MR) is 252 cm³/mol. The Morgan fingerprint density at radius 1 is 0.661 bits per heavy atom. The number of aromatic nitrogens is 6. The minimum absolute atomic E-state index is 0.0878. The van der Waals surface area contributed by atoms with E-state index in [4.69, 9.17) is 28.7 Å². The van der Waals surface area contributed by atoms with Crippen LogP contribution in [0.25, 0.3) is 33.4 Å². The quantitative estimate of drug-likeness (QED) is 0.129. The van der Waals surface area contributed by atoms with E-state index in [9.17, 15) is 5.11 Å². The summed E-state index contributed by atoms with van der Waals surface area (Å²) in [6.45, 7) is 30.9. The maximum Gasteiger partial charge on any atom is 0.192 e. The molecule has 0 radical (unpaired) electrons. The number of phenolic OH excluding ortho intramolecular Hbond substituents is 1. The van der Waals surface area contributed by atoms with Crippen molar-refractivity contribution in [3.05, 3.63) is 93.4 Å². The molecule has 6 aromatic rings. The molecule has 2 aromatic carbocycles. The first kappa shape index (κ1) is 48.2. The molecule has 0 aliphatic heterocycles. The number of nitrogens with zero attached hydrogens (tertiary/aromatic N) is 6. The number of phenols is 1. The highest BCUT2D eigenvalue weighted by Crippen LogP contribution is 2.38. The zero-order chi connectivity index (χ0) is 44.1. The lowest BCUT2D eigenvalue weighted by Gasteiger charge is -2.36. The van der Waals surface area contributed by atoms with Crippen LogP contribution in [-0.2, 0) is 22.1 Å². The van der Waals surface area contributed by atoms with E-state index in [0.717, 1.165) is 48.3 Å². The van der Waals surface area contributed by atoms with Crippen molar-refractivity contribution in [3.63, 3.8) is 0 Å². The molecule has 0 bridgehead atoms. The highest BCUT2D eigenvalue weighted by Gasteiger charge is 2.38. The van der Waals surface area contributed by atoms with Crippen LogP contribution in [0.15, 0.2) is 82.0 Å². The minimum Gasteiger partial charge on any atom is -0.507 e. The molecule has 0 aliphatic rings. The average molecular weight is 971 g/mol. The van der Waals surface area contributed by atoms with Crippen molar-refractivity contribution in [2.75, 3.05) is 0 Å². The van der Waals surface area contributed by atoms with Crippen molar-refractivity contribution in [2.45, 2.75) is 131 Å². The number of pyridine rings is 2. The third-order valence-electron chi connectivity index (χ3n) is 10.4. The fraction of sp³-hybridized carbons (Fsp3) is 0.455. The van der Waals surface area contributed by atoms with E-state index in [2.05, 4.69) is 110 Å². The smallest absolute Gasteiger partial charge is 0.192 e. The van der Waals surface area contributed by atoms with Crippen molar-refractivity contribution in [3.8, 4) is 23.1 Å². The first-order valence-electron chi connectivity index (χ1n) is 19.9. The molecule has 0 amide bonds. The average Bonchev–Trinajstić information content (AvgIpc) is 3.74. The van der Waals surface area contributed by atoms with Crippen molar-refractivity contribution < 1.29 is 23.8 Å². The molecule has 2 N–H and O–H groups in total. The van der Waals surface area contributed by atoms with Crippen LogP contribution in [0.3, 0.4) is 0 Å². The van der Waals surface area contributed by atoms with Crippen LogP contribution < -0.4 is 4.74 Å². The van der Waals surface area contributed by atoms with Gasteiger partial charge in [0.25, 0.3) is 0 Å². The molecule has 0 saturated heterocycles. The SMILES string of the molecule is CC(C)(C)[Si](C)(C)OCc1cccc(-n2ncc3c(O)cc(Br)cc32)n1.CC(C)O.CC(C)Oc1cc(Br)cc2c1cnn2-c1cccc(CO[Si](C)(C)C(C)(C)C)n1. The van der Waals surface area contributed by atoms with Gasteiger partial charge in [0.05, 0.1) is 64.9 Å². The Morgan fingerprint density at radius 3 is 1.49 bits per heavy atom. The van der Waals surface area contributed by atoms with Gasteiger partial charge in [-0.3, -0.25) is 0 Å². The molecule has 0 atom stereocenters. The van der Waals surface area contributed by atoms with E-state index in [1.807, 2.05) is 79.3 Å². The lowest BCUT2D eigenvalue weighted by molar-refractivity contribution is 0.216. The largest absolute Gasteiger partial charge is 0.507 e. The van der Waals surface area contributed by atoms with Gasteiger partial charge in [-0.2, -0.15) is 10.2 Å². The van der Waals surface area contributed by atoms with Crippen LogP contribution in [0.5, 0.6) is 11.5 Å². The van der Waals surface area contributed by atoms with Gasteiger partial charge < -0.3 is 23.8 Å². The number of rotatable bonds is 10. The van der Waals surface area contributed by atoms with Crippen molar-refractivity contribution in [1.29, 1.82) is 0 Å². The fourth-order valence-electron chi connectivity index (χ4n) is 5.13. The molecular weight excluding hydrogens is 909 g/mol. The maximum atomic E-state index is 10.1. The van der Waals surface area contributed by atoms with E-state index in [-0.39, 0.29) is 28.0 Å². The highest BCUT2D eigenvalue weighted by molar-refractivity contribution is 9.10. The molecule has 0 spiro atoms. The Balaban J connectivity index is 0.000000240. The van der Waals surface area contributed by atoms with E-state index in [0.29, 0.717) is 24.4 Å². The number of benzene rings is 2. The van der Waals surface area contributed by atoms with Gasteiger partial charge in [-0.05, 0) is 112 Å². The summed E-state index contributed by atoms with van der Waals surface area (Å²) in [6.07, 6.45) is 3.40. The lowest BCUT2D eigenvalue weighted by Crippen LogP contribution is -2.40. The zero-order valence-corrected chi connectivity index (χ0v) is 42.2. The third-order valence-corrected chi connectivity index (χ3v) is 20.3. The van der Waals surface area contributed by atoms with Crippen molar-refractivity contribution in [1.82, 2.24) is 29.5 Å². The summed E-state index contributed by atoms with van der Waals surface area (Å²) >= 11 is 7.00. The standard InChI is InChI=1S/C22H30BrN3O2Si.C19H24BrN3O2Si.C3H8O/c1-15(2)28-20-12-16(23)11-19-18(20)13-24-26(19)21-10-8-9-17(25-21)14-27-29(6,7)22(3,4)5;1-19(2,3)26(4,5)25-12-14-7-6-8-18(22-14)23-16-9-13(20)10-17(24)15(16)11-21-23;1-3(2)4/h8-13,15H,14H2,1-7H3;6-11,24H,12H2,1-5H3;3-4H,1-2H3. The third kappa shape index (κ3) is 12.8. The number of ether oxygens (including phenoxy) is 1. The number of aliphatic hydroxyl groups is 1. The van der Waals surface area contributed by atoms with Crippen LogP contribution in [0.1, 0.15) is 80.6 Å². The van der Waals surface area contributed by atoms with Crippen LogP contribution in [0, 0.1) is 0 Å². The number of hydrogen-bond donors (Lipinski definition) is 2. The zero-order valence-electron chi connectivity index (χ0n) is 37.1. The van der Waals surface area contributed by atoms with Gasteiger partial charge in [0.1, 0.15) is 11.5 Å². The summed E-state index contributed by atoms with van der Waals surface area (Å²) in [6, 6.07) is 19.4. The summed E-state index contributed by atoms with van der Waals surface area (Å²) in [4.78, 5) is 9.52. The van der Waals surface area contributed by atoms with Crippen LogP contribution in [-0.4, -0.2) is 68.6 Å². The summed E-state index contributed by atoms with van der Waals surface area (Å²) in [5.74, 6) is 2.48.